The summed E-state index contributed by atoms with van der Waals surface area (Å²) in [5.41, 5.74) is 0.862. The van der Waals surface area contributed by atoms with Gasteiger partial charge in [-0.05, 0) is 50.3 Å². The number of carbonyl (C=O) groups excluding carboxylic acids is 2. The van der Waals surface area contributed by atoms with Crippen LogP contribution in [0.4, 0.5) is 4.79 Å². The van der Waals surface area contributed by atoms with Gasteiger partial charge in [-0.2, -0.15) is 0 Å². The molecule has 1 unspecified atom stereocenters. The molecule has 1 atom stereocenters. The average molecular weight is 442 g/mol. The predicted molar refractivity (Wildman–Crippen MR) is 119 cm³/mol. The van der Waals surface area contributed by atoms with Gasteiger partial charge in [0.05, 0.1) is 25.4 Å². The summed E-state index contributed by atoms with van der Waals surface area (Å²) in [6.45, 7) is 2.10. The first kappa shape index (κ1) is 23.6. The van der Waals surface area contributed by atoms with Crippen LogP contribution in [-0.2, 0) is 25.6 Å². The molecule has 0 radical (unpaired) electrons. The monoisotopic (exact) mass is 441 g/mol. The highest BCUT2D eigenvalue weighted by molar-refractivity contribution is 5.81. The van der Waals surface area contributed by atoms with Crippen molar-refractivity contribution in [1.29, 1.82) is 0 Å². The molecule has 2 aromatic rings. The number of hydrogen-bond acceptors (Lipinski definition) is 6. The van der Waals surface area contributed by atoms with Crippen LogP contribution in [0.5, 0.6) is 5.75 Å². The standard InChI is InChI=1S/C25H31NO6/c1-2-29-24(27)23(26-25(28)31-17-19-9-5-3-6-10-19)18-30-20-13-15-22(16-14-20)32-21-11-7-4-8-12-21/h3-12,20,22-23H,2,13-18H2,1H3,(H,26,28). The maximum atomic E-state index is 12.3. The summed E-state index contributed by atoms with van der Waals surface area (Å²) in [7, 11) is 0. The number of hydrogen-bond donors (Lipinski definition) is 1. The molecule has 0 spiro atoms. The molecular weight excluding hydrogens is 410 g/mol. The highest BCUT2D eigenvalue weighted by atomic mass is 16.6. The third kappa shape index (κ3) is 7.89. The minimum absolute atomic E-state index is 0.00434. The fourth-order valence-corrected chi connectivity index (χ4v) is 3.56. The van der Waals surface area contributed by atoms with Crippen molar-refractivity contribution in [2.45, 2.75) is 57.5 Å². The molecule has 1 saturated carbocycles. The van der Waals surface area contributed by atoms with Crippen LogP contribution in [-0.4, -0.2) is 43.5 Å². The summed E-state index contributed by atoms with van der Waals surface area (Å²) in [6, 6.07) is 18.2. The molecule has 7 nitrogen and oxygen atoms in total. The van der Waals surface area contributed by atoms with Gasteiger partial charge in [0.25, 0.3) is 0 Å². The Morgan fingerprint density at radius 1 is 0.906 bits per heavy atom. The minimum Gasteiger partial charge on any atom is -0.490 e. The lowest BCUT2D eigenvalue weighted by atomic mass is 9.95. The van der Waals surface area contributed by atoms with Gasteiger partial charge in [-0.15, -0.1) is 0 Å². The quantitative estimate of drug-likeness (QED) is 0.555. The number of rotatable bonds is 10. The third-order valence-corrected chi connectivity index (χ3v) is 5.24. The number of para-hydroxylation sites is 1. The molecule has 0 aromatic heterocycles. The van der Waals surface area contributed by atoms with Crippen LogP contribution in [0.2, 0.25) is 0 Å². The highest BCUT2D eigenvalue weighted by Crippen LogP contribution is 2.25. The number of nitrogens with one attached hydrogen (secondary N) is 1. The van der Waals surface area contributed by atoms with Crippen LogP contribution in [0.3, 0.4) is 0 Å². The van der Waals surface area contributed by atoms with Gasteiger partial charge in [-0.3, -0.25) is 0 Å². The van der Waals surface area contributed by atoms with E-state index in [1.54, 1.807) is 6.92 Å². The van der Waals surface area contributed by atoms with E-state index in [4.69, 9.17) is 18.9 Å². The zero-order valence-electron chi connectivity index (χ0n) is 18.4. The zero-order valence-corrected chi connectivity index (χ0v) is 18.4. The Hall–Kier alpha value is -3.06. The summed E-state index contributed by atoms with van der Waals surface area (Å²) in [4.78, 5) is 24.5. The molecular formula is C25H31NO6. The van der Waals surface area contributed by atoms with Crippen molar-refractivity contribution in [2.24, 2.45) is 0 Å². The first-order chi connectivity index (χ1) is 15.6. The minimum atomic E-state index is -0.920. The van der Waals surface area contributed by atoms with Crippen molar-refractivity contribution >= 4 is 12.1 Å². The second kappa shape index (κ2) is 12.7. The van der Waals surface area contributed by atoms with Crippen molar-refractivity contribution in [3.05, 3.63) is 66.2 Å². The van der Waals surface area contributed by atoms with E-state index < -0.39 is 18.1 Å². The molecule has 0 bridgehead atoms. The summed E-state index contributed by atoms with van der Waals surface area (Å²) in [6.07, 6.45) is 2.87. The van der Waals surface area contributed by atoms with Crippen LogP contribution in [0.25, 0.3) is 0 Å². The molecule has 1 fully saturated rings. The Kier molecular flexibility index (Phi) is 9.37. The van der Waals surface area contributed by atoms with E-state index in [1.807, 2.05) is 60.7 Å². The third-order valence-electron chi connectivity index (χ3n) is 5.24. The highest BCUT2D eigenvalue weighted by Gasteiger charge is 2.27. The van der Waals surface area contributed by atoms with Crippen molar-refractivity contribution in [3.63, 3.8) is 0 Å². The van der Waals surface area contributed by atoms with E-state index >= 15 is 0 Å². The van der Waals surface area contributed by atoms with E-state index in [-0.39, 0.29) is 32.0 Å². The first-order valence-corrected chi connectivity index (χ1v) is 11.1. The van der Waals surface area contributed by atoms with Crippen LogP contribution in [0.1, 0.15) is 38.2 Å². The maximum Gasteiger partial charge on any atom is 0.408 e. The van der Waals surface area contributed by atoms with Gasteiger partial charge < -0.3 is 24.3 Å². The van der Waals surface area contributed by atoms with Crippen LogP contribution in [0.15, 0.2) is 60.7 Å². The van der Waals surface area contributed by atoms with Crippen LogP contribution >= 0.6 is 0 Å². The lowest BCUT2D eigenvalue weighted by Gasteiger charge is -2.30. The Balaban J connectivity index is 1.42. The molecule has 172 valence electrons. The second-order valence-corrected chi connectivity index (χ2v) is 7.67. The Bertz CT molecular complexity index is 821. The number of amides is 1. The van der Waals surface area contributed by atoms with Crippen molar-refractivity contribution in [1.82, 2.24) is 5.32 Å². The summed E-state index contributed by atoms with van der Waals surface area (Å²) in [5, 5.41) is 2.57. The largest absolute Gasteiger partial charge is 0.490 e. The Morgan fingerprint density at radius 3 is 2.19 bits per heavy atom. The molecule has 1 amide bonds. The molecule has 3 rings (SSSR count). The number of benzene rings is 2. The predicted octanol–water partition coefficient (Wildman–Crippen LogP) is 4.25. The van der Waals surface area contributed by atoms with E-state index in [1.165, 1.54) is 0 Å². The van der Waals surface area contributed by atoms with Gasteiger partial charge in [0.2, 0.25) is 0 Å². The molecule has 7 heteroatoms. The first-order valence-electron chi connectivity index (χ1n) is 11.1. The fraction of sp³-hybridized carbons (Fsp3) is 0.440. The molecule has 2 aromatic carbocycles. The lowest BCUT2D eigenvalue weighted by molar-refractivity contribution is -0.148. The molecule has 0 saturated heterocycles. The molecule has 1 aliphatic carbocycles. The van der Waals surface area contributed by atoms with Crippen molar-refractivity contribution in [3.8, 4) is 5.75 Å². The number of ether oxygens (including phenoxy) is 4. The number of alkyl carbamates (subject to hydrolysis) is 1. The zero-order chi connectivity index (χ0) is 22.6. The van der Waals surface area contributed by atoms with Gasteiger partial charge >= 0.3 is 12.1 Å². The van der Waals surface area contributed by atoms with Crippen LogP contribution < -0.4 is 10.1 Å². The SMILES string of the molecule is CCOC(=O)C(COC1CCC(Oc2ccccc2)CC1)NC(=O)OCc1ccccc1. The normalized spacial score (nSPS) is 18.9. The smallest absolute Gasteiger partial charge is 0.408 e. The summed E-state index contributed by atoms with van der Waals surface area (Å²) >= 11 is 0. The lowest BCUT2D eigenvalue weighted by Crippen LogP contribution is -2.46. The Morgan fingerprint density at radius 2 is 1.53 bits per heavy atom. The van der Waals surface area contributed by atoms with Gasteiger partial charge in [-0.25, -0.2) is 9.59 Å². The average Bonchev–Trinajstić information content (AvgIpc) is 2.83. The Labute approximate surface area is 189 Å². The van der Waals surface area contributed by atoms with Gasteiger partial charge in [0.1, 0.15) is 12.4 Å². The van der Waals surface area contributed by atoms with Gasteiger partial charge in [-0.1, -0.05) is 48.5 Å². The van der Waals surface area contributed by atoms with Gasteiger partial charge in [0.15, 0.2) is 6.04 Å². The fourth-order valence-electron chi connectivity index (χ4n) is 3.56. The molecule has 1 aliphatic rings. The van der Waals surface area contributed by atoms with E-state index in [0.717, 1.165) is 37.0 Å². The molecule has 0 aliphatic heterocycles. The number of esters is 1. The maximum absolute atomic E-state index is 12.3. The number of carbonyl (C=O) groups is 2. The van der Waals surface area contributed by atoms with E-state index in [2.05, 4.69) is 5.32 Å². The summed E-state index contributed by atoms with van der Waals surface area (Å²) in [5.74, 6) is 0.336. The molecule has 32 heavy (non-hydrogen) atoms. The van der Waals surface area contributed by atoms with E-state index in [9.17, 15) is 9.59 Å². The topological polar surface area (TPSA) is 83.1 Å². The molecule has 0 heterocycles. The second-order valence-electron chi connectivity index (χ2n) is 7.67. The molecule has 1 N–H and O–H groups in total. The van der Waals surface area contributed by atoms with E-state index in [0.29, 0.717) is 0 Å². The summed E-state index contributed by atoms with van der Waals surface area (Å²) < 4.78 is 22.3. The van der Waals surface area contributed by atoms with Crippen molar-refractivity contribution in [2.75, 3.05) is 13.2 Å². The van der Waals surface area contributed by atoms with Crippen LogP contribution in [0, 0.1) is 0 Å². The van der Waals surface area contributed by atoms with Gasteiger partial charge in [0, 0.05) is 0 Å². The van der Waals surface area contributed by atoms with Crippen molar-refractivity contribution < 1.29 is 28.5 Å².